The Labute approximate surface area is 106 Å². The van der Waals surface area contributed by atoms with Crippen molar-refractivity contribution in [3.05, 3.63) is 0 Å². The van der Waals surface area contributed by atoms with Gasteiger partial charge in [-0.1, -0.05) is 0 Å². The minimum absolute atomic E-state index is 0.0995. The maximum Gasteiger partial charge on any atom is 0.411 e. The Bertz CT molecular complexity index is 248. The molecule has 0 aromatic heterocycles. The predicted octanol–water partition coefficient (Wildman–Crippen LogP) is 1.99. The summed E-state index contributed by atoms with van der Waals surface area (Å²) >= 11 is 0. The maximum absolute atomic E-state index is 11.9. The molecule has 0 unspecified atom stereocenters. The summed E-state index contributed by atoms with van der Waals surface area (Å²) in [5.74, 6) is 0.671. The van der Waals surface area contributed by atoms with Crippen LogP contribution in [0.3, 0.4) is 0 Å². The van der Waals surface area contributed by atoms with Crippen LogP contribution in [0.15, 0.2) is 0 Å². The molecule has 1 heterocycles. The zero-order valence-electron chi connectivity index (χ0n) is 10.5. The summed E-state index contributed by atoms with van der Waals surface area (Å²) in [5, 5.41) is 3.51. The Hall–Kier alpha value is -0.330. The molecule has 1 aliphatic carbocycles. The van der Waals surface area contributed by atoms with Crippen molar-refractivity contribution in [1.29, 1.82) is 0 Å². The van der Waals surface area contributed by atoms with E-state index < -0.39 is 12.8 Å². The highest BCUT2D eigenvalue weighted by Gasteiger charge is 2.28. The van der Waals surface area contributed by atoms with Gasteiger partial charge in [0.15, 0.2) is 0 Å². The van der Waals surface area contributed by atoms with Crippen LogP contribution >= 0.6 is 0 Å². The van der Waals surface area contributed by atoms with Crippen LogP contribution in [0.5, 0.6) is 0 Å². The first kappa shape index (κ1) is 14.1. The third-order valence-electron chi connectivity index (χ3n) is 3.52. The molecule has 106 valence electrons. The van der Waals surface area contributed by atoms with Gasteiger partial charge in [0.1, 0.15) is 6.61 Å². The van der Waals surface area contributed by atoms with Crippen LogP contribution in [-0.2, 0) is 4.74 Å². The van der Waals surface area contributed by atoms with Crippen LogP contribution in [0.25, 0.3) is 0 Å². The smallest absolute Gasteiger partial charge is 0.357 e. The van der Waals surface area contributed by atoms with E-state index in [1.54, 1.807) is 0 Å². The molecule has 0 spiro atoms. The van der Waals surface area contributed by atoms with Crippen molar-refractivity contribution >= 4 is 0 Å². The molecule has 3 nitrogen and oxygen atoms in total. The summed E-state index contributed by atoms with van der Waals surface area (Å²) in [4.78, 5) is 1.96. The zero-order valence-corrected chi connectivity index (χ0v) is 10.5. The van der Waals surface area contributed by atoms with Gasteiger partial charge >= 0.3 is 6.18 Å². The van der Waals surface area contributed by atoms with Gasteiger partial charge in [-0.05, 0) is 38.1 Å². The lowest BCUT2D eigenvalue weighted by Crippen LogP contribution is -2.39. The number of hydrogen-bond acceptors (Lipinski definition) is 3. The average molecular weight is 266 g/mol. The fourth-order valence-electron chi connectivity index (χ4n) is 2.23. The van der Waals surface area contributed by atoms with Crippen LogP contribution in [0.1, 0.15) is 25.7 Å². The second kappa shape index (κ2) is 6.21. The van der Waals surface area contributed by atoms with E-state index in [0.717, 1.165) is 38.5 Å². The number of piperidine rings is 1. The molecular weight excluding hydrogens is 245 g/mol. The van der Waals surface area contributed by atoms with Gasteiger partial charge < -0.3 is 10.1 Å². The Morgan fingerprint density at radius 1 is 1.11 bits per heavy atom. The van der Waals surface area contributed by atoms with E-state index >= 15 is 0 Å². The lowest BCUT2D eigenvalue weighted by molar-refractivity contribution is -0.184. The van der Waals surface area contributed by atoms with E-state index in [-0.39, 0.29) is 6.73 Å². The number of nitrogens with zero attached hydrogens (tertiary/aromatic N) is 1. The van der Waals surface area contributed by atoms with Gasteiger partial charge in [-0.3, -0.25) is 4.90 Å². The van der Waals surface area contributed by atoms with E-state index in [2.05, 4.69) is 10.1 Å². The molecule has 0 radical (unpaired) electrons. The minimum atomic E-state index is -4.22. The van der Waals surface area contributed by atoms with Crippen LogP contribution in [0.4, 0.5) is 13.2 Å². The molecule has 0 bridgehead atoms. The zero-order chi connectivity index (χ0) is 13.0. The molecule has 0 aromatic carbocycles. The topological polar surface area (TPSA) is 24.5 Å². The van der Waals surface area contributed by atoms with Crippen LogP contribution in [-0.4, -0.2) is 50.1 Å². The van der Waals surface area contributed by atoms with Crippen molar-refractivity contribution in [1.82, 2.24) is 10.2 Å². The molecule has 0 amide bonds. The first-order valence-electron chi connectivity index (χ1n) is 6.63. The van der Waals surface area contributed by atoms with E-state index in [1.165, 1.54) is 12.8 Å². The number of hydrogen-bond donors (Lipinski definition) is 1. The summed E-state index contributed by atoms with van der Waals surface area (Å²) in [6.07, 6.45) is 0.477. The SMILES string of the molecule is FC(F)(F)COCN1CCC(CNC2CC2)CC1. The van der Waals surface area contributed by atoms with E-state index in [9.17, 15) is 13.2 Å². The van der Waals surface area contributed by atoms with Gasteiger partial charge in [0, 0.05) is 19.1 Å². The summed E-state index contributed by atoms with van der Waals surface area (Å²) in [5.41, 5.74) is 0. The van der Waals surface area contributed by atoms with Crippen molar-refractivity contribution in [2.45, 2.75) is 37.9 Å². The van der Waals surface area contributed by atoms with E-state index in [1.807, 2.05) is 4.90 Å². The van der Waals surface area contributed by atoms with Crippen molar-refractivity contribution in [2.75, 3.05) is 33.0 Å². The van der Waals surface area contributed by atoms with Gasteiger partial charge in [0.2, 0.25) is 0 Å². The molecule has 0 atom stereocenters. The van der Waals surface area contributed by atoms with E-state index in [0.29, 0.717) is 5.92 Å². The molecule has 1 aliphatic heterocycles. The highest BCUT2D eigenvalue weighted by atomic mass is 19.4. The highest BCUT2D eigenvalue weighted by molar-refractivity contribution is 4.83. The molecule has 1 N–H and O–H groups in total. The molecule has 1 saturated heterocycles. The standard InChI is InChI=1S/C12H21F3N2O/c13-12(14,15)8-18-9-17-5-3-10(4-6-17)7-16-11-1-2-11/h10-11,16H,1-9H2. The van der Waals surface area contributed by atoms with Crippen molar-refractivity contribution in [3.8, 4) is 0 Å². The molecule has 0 aromatic rings. The Morgan fingerprint density at radius 2 is 1.78 bits per heavy atom. The van der Waals surface area contributed by atoms with Gasteiger partial charge in [-0.15, -0.1) is 0 Å². The van der Waals surface area contributed by atoms with Gasteiger partial charge in [-0.25, -0.2) is 0 Å². The quantitative estimate of drug-likeness (QED) is 0.795. The van der Waals surface area contributed by atoms with Gasteiger partial charge in [-0.2, -0.15) is 13.2 Å². The normalized spacial score (nSPS) is 23.5. The second-order valence-electron chi connectivity index (χ2n) is 5.34. The molecule has 2 rings (SSSR count). The van der Waals surface area contributed by atoms with Crippen molar-refractivity contribution in [3.63, 3.8) is 0 Å². The molecule has 6 heteroatoms. The average Bonchev–Trinajstić information content (AvgIpc) is 3.10. The number of halogens is 3. The molecular formula is C12H21F3N2O. The van der Waals surface area contributed by atoms with Crippen LogP contribution in [0.2, 0.25) is 0 Å². The minimum Gasteiger partial charge on any atom is -0.357 e. The third-order valence-corrected chi connectivity index (χ3v) is 3.52. The summed E-state index contributed by atoms with van der Waals surface area (Å²) in [7, 11) is 0. The number of nitrogens with one attached hydrogen (secondary N) is 1. The van der Waals surface area contributed by atoms with Crippen molar-refractivity contribution < 1.29 is 17.9 Å². The highest BCUT2D eigenvalue weighted by Crippen LogP contribution is 2.22. The molecule has 1 saturated carbocycles. The maximum atomic E-state index is 11.9. The fourth-order valence-corrected chi connectivity index (χ4v) is 2.23. The first-order chi connectivity index (χ1) is 8.53. The summed E-state index contributed by atoms with van der Waals surface area (Å²) in [6, 6.07) is 0.734. The molecule has 2 aliphatic rings. The van der Waals surface area contributed by atoms with Gasteiger partial charge in [0.25, 0.3) is 0 Å². The molecule has 18 heavy (non-hydrogen) atoms. The molecule has 2 fully saturated rings. The summed E-state index contributed by atoms with van der Waals surface area (Å²) < 4.78 is 40.4. The lowest BCUT2D eigenvalue weighted by atomic mass is 9.97. The Kier molecular flexibility index (Phi) is 4.86. The largest absolute Gasteiger partial charge is 0.411 e. The second-order valence-corrected chi connectivity index (χ2v) is 5.34. The Balaban J connectivity index is 1.52. The monoisotopic (exact) mass is 266 g/mol. The van der Waals surface area contributed by atoms with Crippen LogP contribution < -0.4 is 5.32 Å². The van der Waals surface area contributed by atoms with Crippen LogP contribution in [0, 0.1) is 5.92 Å². The van der Waals surface area contributed by atoms with Gasteiger partial charge in [0.05, 0.1) is 6.73 Å². The fraction of sp³-hybridized carbons (Fsp3) is 1.00. The Morgan fingerprint density at radius 3 is 2.33 bits per heavy atom. The van der Waals surface area contributed by atoms with Crippen molar-refractivity contribution in [2.24, 2.45) is 5.92 Å². The number of alkyl halides is 3. The number of rotatable bonds is 6. The van der Waals surface area contributed by atoms with E-state index in [4.69, 9.17) is 0 Å². The lowest BCUT2D eigenvalue weighted by Gasteiger charge is -2.31. The summed E-state index contributed by atoms with van der Waals surface area (Å²) in [6.45, 7) is 1.70. The third kappa shape index (κ3) is 5.54. The number of likely N-dealkylation sites (tertiary alicyclic amines) is 1. The number of ether oxygens (including phenoxy) is 1. The first-order valence-corrected chi connectivity index (χ1v) is 6.63. The predicted molar refractivity (Wildman–Crippen MR) is 62.2 cm³/mol.